The third-order valence-electron chi connectivity index (χ3n) is 5.26. The van der Waals surface area contributed by atoms with E-state index in [0.29, 0.717) is 5.56 Å². The number of carbonyl (C=O) groups excluding carboxylic acids is 4. The van der Waals surface area contributed by atoms with E-state index < -0.39 is 33.8 Å². The van der Waals surface area contributed by atoms with Gasteiger partial charge in [0.25, 0.3) is 5.91 Å². The van der Waals surface area contributed by atoms with Crippen LogP contribution in [-0.2, 0) is 19.6 Å². The standard InChI is InChI=1S/C25H20N2O7S/c1-14(34-25(31)15-7-5-8-16(13-15)27-35(2,32)33)24(30)26-20-12-6-11-19-21(20)23(29)18-10-4-3-9-17(18)22(19)28/h3-14,27H,1-2H3,(H,26,30). The summed E-state index contributed by atoms with van der Waals surface area (Å²) < 4.78 is 30.3. The summed E-state index contributed by atoms with van der Waals surface area (Å²) >= 11 is 0. The molecule has 10 heteroatoms. The third kappa shape index (κ3) is 4.97. The van der Waals surface area contributed by atoms with Crippen LogP contribution in [0.25, 0.3) is 0 Å². The minimum absolute atomic E-state index is 0.0350. The summed E-state index contributed by atoms with van der Waals surface area (Å²) in [7, 11) is -3.54. The first-order valence-corrected chi connectivity index (χ1v) is 12.4. The molecule has 3 aromatic rings. The molecule has 0 saturated carbocycles. The maximum atomic E-state index is 13.1. The lowest BCUT2D eigenvalue weighted by atomic mass is 9.83. The van der Waals surface area contributed by atoms with Crippen LogP contribution in [0.3, 0.4) is 0 Å². The van der Waals surface area contributed by atoms with E-state index in [-0.39, 0.29) is 39.4 Å². The topological polar surface area (TPSA) is 136 Å². The number of ketones is 2. The Balaban J connectivity index is 1.51. The van der Waals surface area contributed by atoms with Crippen molar-refractivity contribution in [3.05, 3.63) is 94.5 Å². The molecule has 9 nitrogen and oxygen atoms in total. The van der Waals surface area contributed by atoms with Gasteiger partial charge in [0.1, 0.15) is 0 Å². The Bertz CT molecular complexity index is 1500. The molecule has 0 radical (unpaired) electrons. The van der Waals surface area contributed by atoms with Crippen molar-refractivity contribution >= 4 is 44.8 Å². The van der Waals surface area contributed by atoms with Crippen molar-refractivity contribution in [1.29, 1.82) is 0 Å². The van der Waals surface area contributed by atoms with Gasteiger partial charge in [-0.3, -0.25) is 19.1 Å². The largest absolute Gasteiger partial charge is 0.449 e. The highest BCUT2D eigenvalue weighted by Gasteiger charge is 2.32. The first kappa shape index (κ1) is 23.8. The average Bonchev–Trinajstić information content (AvgIpc) is 2.81. The molecule has 0 bridgehead atoms. The zero-order valence-corrected chi connectivity index (χ0v) is 19.5. The van der Waals surface area contributed by atoms with E-state index in [2.05, 4.69) is 10.0 Å². The molecule has 0 spiro atoms. The van der Waals surface area contributed by atoms with E-state index in [0.717, 1.165) is 6.26 Å². The molecule has 0 saturated heterocycles. The number of esters is 1. The van der Waals surface area contributed by atoms with Gasteiger partial charge in [0, 0.05) is 22.4 Å². The zero-order chi connectivity index (χ0) is 25.3. The number of carbonyl (C=O) groups is 4. The third-order valence-corrected chi connectivity index (χ3v) is 5.87. The molecule has 1 unspecified atom stereocenters. The van der Waals surface area contributed by atoms with Crippen molar-refractivity contribution in [2.24, 2.45) is 0 Å². The number of anilines is 2. The summed E-state index contributed by atoms with van der Waals surface area (Å²) in [6.45, 7) is 1.35. The second-order valence-electron chi connectivity index (χ2n) is 7.92. The molecular formula is C25H20N2O7S. The van der Waals surface area contributed by atoms with Gasteiger partial charge in [-0.25, -0.2) is 13.2 Å². The van der Waals surface area contributed by atoms with Crippen molar-refractivity contribution in [1.82, 2.24) is 0 Å². The fourth-order valence-electron chi connectivity index (χ4n) is 3.69. The van der Waals surface area contributed by atoms with Gasteiger partial charge >= 0.3 is 5.97 Å². The van der Waals surface area contributed by atoms with Crippen LogP contribution < -0.4 is 10.0 Å². The number of nitrogens with one attached hydrogen (secondary N) is 2. The molecule has 0 heterocycles. The SMILES string of the molecule is CC(OC(=O)c1cccc(NS(C)(=O)=O)c1)C(=O)Nc1cccc2c1C(=O)c1ccccc1C2=O. The first-order valence-electron chi connectivity index (χ1n) is 10.5. The first-order chi connectivity index (χ1) is 16.5. The molecule has 0 aliphatic heterocycles. The van der Waals surface area contributed by atoms with E-state index in [1.54, 1.807) is 30.3 Å². The predicted octanol–water partition coefficient (Wildman–Crippen LogP) is 3.02. The summed E-state index contributed by atoms with van der Waals surface area (Å²) in [5.41, 5.74) is 1.11. The summed E-state index contributed by atoms with van der Waals surface area (Å²) in [5.74, 6) is -2.28. The second-order valence-corrected chi connectivity index (χ2v) is 9.67. The van der Waals surface area contributed by atoms with Crippen LogP contribution in [0.5, 0.6) is 0 Å². The Morgan fingerprint density at radius 3 is 2.17 bits per heavy atom. The second kappa shape index (κ2) is 9.15. The fourth-order valence-corrected chi connectivity index (χ4v) is 4.24. The number of fused-ring (bicyclic) bond motifs is 2. The molecule has 1 atom stereocenters. The van der Waals surface area contributed by atoms with Gasteiger partial charge in [0.2, 0.25) is 10.0 Å². The highest BCUT2D eigenvalue weighted by Crippen LogP contribution is 2.32. The van der Waals surface area contributed by atoms with Gasteiger partial charge in [-0.1, -0.05) is 42.5 Å². The molecule has 3 aromatic carbocycles. The maximum absolute atomic E-state index is 13.1. The predicted molar refractivity (Wildman–Crippen MR) is 128 cm³/mol. The molecule has 178 valence electrons. The van der Waals surface area contributed by atoms with Crippen LogP contribution in [0.4, 0.5) is 11.4 Å². The smallest absolute Gasteiger partial charge is 0.338 e. The highest BCUT2D eigenvalue weighted by atomic mass is 32.2. The van der Waals surface area contributed by atoms with Crippen molar-refractivity contribution in [3.8, 4) is 0 Å². The Hall–Kier alpha value is -4.31. The number of ether oxygens (including phenoxy) is 1. The van der Waals surface area contributed by atoms with Gasteiger partial charge in [-0.2, -0.15) is 0 Å². The van der Waals surface area contributed by atoms with Crippen LogP contribution in [0.2, 0.25) is 0 Å². The summed E-state index contributed by atoms with van der Waals surface area (Å²) in [6, 6.07) is 16.6. The maximum Gasteiger partial charge on any atom is 0.338 e. The Morgan fingerprint density at radius 1 is 0.857 bits per heavy atom. The average molecular weight is 493 g/mol. The van der Waals surface area contributed by atoms with Gasteiger partial charge < -0.3 is 10.1 Å². The summed E-state index contributed by atoms with van der Waals surface area (Å²) in [6.07, 6.45) is -0.282. The van der Waals surface area contributed by atoms with E-state index >= 15 is 0 Å². The van der Waals surface area contributed by atoms with Gasteiger partial charge in [0.05, 0.1) is 23.1 Å². The van der Waals surface area contributed by atoms with Crippen molar-refractivity contribution in [3.63, 3.8) is 0 Å². The number of amides is 1. The Labute approximate surface area is 201 Å². The lowest BCUT2D eigenvalue weighted by Gasteiger charge is -2.21. The highest BCUT2D eigenvalue weighted by molar-refractivity contribution is 7.92. The molecule has 1 aliphatic rings. The van der Waals surface area contributed by atoms with Crippen LogP contribution in [0.15, 0.2) is 66.7 Å². The molecule has 1 aliphatic carbocycles. The Morgan fingerprint density at radius 2 is 1.49 bits per heavy atom. The van der Waals surface area contributed by atoms with E-state index in [4.69, 9.17) is 4.74 Å². The fraction of sp³-hybridized carbons (Fsp3) is 0.120. The molecule has 0 fully saturated rings. The van der Waals surface area contributed by atoms with Gasteiger partial charge in [-0.05, 0) is 31.2 Å². The number of hydrogen-bond acceptors (Lipinski definition) is 7. The van der Waals surface area contributed by atoms with Crippen molar-refractivity contribution < 1.29 is 32.3 Å². The monoisotopic (exact) mass is 492 g/mol. The van der Waals surface area contributed by atoms with Crippen LogP contribution >= 0.6 is 0 Å². The number of sulfonamides is 1. The number of benzene rings is 3. The zero-order valence-electron chi connectivity index (χ0n) is 18.7. The lowest BCUT2D eigenvalue weighted by molar-refractivity contribution is -0.123. The van der Waals surface area contributed by atoms with Gasteiger partial charge in [-0.15, -0.1) is 0 Å². The van der Waals surface area contributed by atoms with Crippen molar-refractivity contribution in [2.45, 2.75) is 13.0 Å². The molecule has 35 heavy (non-hydrogen) atoms. The molecule has 2 N–H and O–H groups in total. The van der Waals surface area contributed by atoms with E-state index in [9.17, 15) is 27.6 Å². The minimum Gasteiger partial charge on any atom is -0.449 e. The quantitative estimate of drug-likeness (QED) is 0.395. The molecular weight excluding hydrogens is 472 g/mol. The van der Waals surface area contributed by atoms with E-state index in [1.807, 2.05) is 0 Å². The van der Waals surface area contributed by atoms with Crippen molar-refractivity contribution in [2.75, 3.05) is 16.3 Å². The van der Waals surface area contributed by atoms with E-state index in [1.165, 1.54) is 43.3 Å². The van der Waals surface area contributed by atoms with Crippen LogP contribution in [0, 0.1) is 0 Å². The molecule has 1 amide bonds. The molecule has 0 aromatic heterocycles. The summed E-state index contributed by atoms with van der Waals surface area (Å²) in [4.78, 5) is 51.2. The summed E-state index contributed by atoms with van der Waals surface area (Å²) in [5, 5.41) is 2.57. The van der Waals surface area contributed by atoms with Crippen LogP contribution in [0.1, 0.15) is 49.1 Å². The van der Waals surface area contributed by atoms with Gasteiger partial charge in [0.15, 0.2) is 17.7 Å². The normalized spacial score (nSPS) is 13.3. The minimum atomic E-state index is -3.54. The van der Waals surface area contributed by atoms with Crippen LogP contribution in [-0.4, -0.2) is 44.2 Å². The number of rotatable bonds is 6. The number of hydrogen-bond donors (Lipinski definition) is 2. The Kier molecular flexibility index (Phi) is 6.23. The lowest BCUT2D eigenvalue weighted by Crippen LogP contribution is -2.31. The molecule has 4 rings (SSSR count).